The standard InChI is InChI=1S/C25H37NOP.2C22H31NOP.C19H25NOP.C18H23NOP.5ClH.5Ti/c1-23(2,3)18-14-19(24(4,5)6)22(27)21(15-18)28-20-13-11-10-12-17(20)16-26-25(7,8)9;1-15-12-17(21(2,3)4)13-19(20(15)24)25-18-11-9-8-10-16(18)14-23-22(5,6)7;1-15-12-17(21(2,3)4)20(24)19(13-15)25-18-11-9-8-10-16(18)14-23-22(5,6)7;1-13-10-14(2)18(21)17(11-13)22-16-9-7-6-8-15(16)12-20-19(3,4)5;1-13-9-10-15(20)17(11-13)21-16-8-6-5-7-14(16)12-19-18(2,3)4;;;;;;;;;;/h10-15,27-28H,16H2,1-9H3;2*8-13,24-25H,14H2,1-7H3;6-11,21-22H,12H2,1-5H3;5-11,20-21H,12H2,1-4H3;5*1H;;;;;/q5*-1;;;;;;5*+2/p-5. The van der Waals surface area contributed by atoms with Crippen LogP contribution in [0.3, 0.4) is 0 Å². The summed E-state index contributed by atoms with van der Waals surface area (Å²) in [6.07, 6.45) is 0. The molecule has 0 heterocycles. The minimum absolute atomic E-state index is 0.0261. The molecule has 10 aromatic carbocycles. The third kappa shape index (κ3) is 48.9. The summed E-state index contributed by atoms with van der Waals surface area (Å²) in [6.45, 7) is 71.8. The van der Waals surface area contributed by atoms with Crippen molar-refractivity contribution in [2.24, 2.45) is 0 Å². The molecule has 0 saturated heterocycles. The van der Waals surface area contributed by atoms with Gasteiger partial charge in [0.05, 0.1) is 0 Å². The fourth-order valence-corrected chi connectivity index (χ4v) is 19.2. The fraction of sp³-hybridized carbons (Fsp3) is 0.434. The number of halogens is 5. The van der Waals surface area contributed by atoms with Gasteiger partial charge >= 0.3 is 143 Å². The molecule has 0 aliphatic rings. The fourth-order valence-electron chi connectivity index (χ4n) is 12.5. The number of hydrogen-bond donors (Lipinski definition) is 5. The van der Waals surface area contributed by atoms with Crippen LogP contribution >= 0.6 is 89.4 Å². The minimum atomic E-state index is -0.105. The summed E-state index contributed by atoms with van der Waals surface area (Å²) in [7, 11) is 25.4. The van der Waals surface area contributed by atoms with Crippen LogP contribution in [-0.4, -0.2) is 53.2 Å². The van der Waals surface area contributed by atoms with Gasteiger partial charge in [0.15, 0.2) is 0 Å². The Bertz CT molecular complexity index is 5030. The van der Waals surface area contributed by atoms with Crippen LogP contribution in [0.1, 0.15) is 265 Å². The number of aromatic hydroxyl groups is 5. The van der Waals surface area contributed by atoms with E-state index in [1.807, 2.05) is 32.9 Å². The van der Waals surface area contributed by atoms with Gasteiger partial charge in [-0.1, -0.05) is 415 Å². The first-order chi connectivity index (χ1) is 60.7. The Balaban J connectivity index is 0.000000800. The SMILES string of the molecule is CC(C)(C)[N-]Cc1ccccc1Pc1cc(C(C)(C)C)cc(C(C)(C)C)c1O.Cc1cc(C(C)(C)C)cc(Pc2ccccc2C[N-]C(C)(C)C)c1O.Cc1cc(C)c(O)c(Pc2ccccc2C[N-]C(C)(C)C)c1.Cc1cc(Pc2ccccc2C[N-]C(C)(C)C)c(O)c(C(C)(C)C)c1.Cc1ccc(O)c(Pc2ccccc2C[N-]C(C)(C)C)c1.[Cl][Ti+].[Cl][Ti+].[Cl][Ti+].[Cl][Ti+].[Cl][Ti+]. The van der Waals surface area contributed by atoms with E-state index in [9.17, 15) is 25.5 Å². The van der Waals surface area contributed by atoms with Crippen molar-refractivity contribution >= 4 is 142 Å². The molecule has 10 nitrogen and oxygen atoms in total. The average Bonchev–Trinajstić information content (AvgIpc) is 0.782. The van der Waals surface area contributed by atoms with Crippen molar-refractivity contribution in [3.8, 4) is 28.7 Å². The Labute approximate surface area is 880 Å². The van der Waals surface area contributed by atoms with Crippen LogP contribution in [-0.2, 0) is 151 Å². The summed E-state index contributed by atoms with van der Waals surface area (Å²) < 4.78 is 0. The molecule has 10 rings (SSSR count). The van der Waals surface area contributed by atoms with Gasteiger partial charge in [-0.3, -0.25) is 0 Å². The number of phenolic OH excluding ortho intramolecular Hbond substituents is 5. The van der Waals surface area contributed by atoms with Crippen molar-refractivity contribution in [3.63, 3.8) is 0 Å². The van der Waals surface area contributed by atoms with Crippen LogP contribution in [0, 0.1) is 34.6 Å². The van der Waals surface area contributed by atoms with Crippen molar-refractivity contribution in [1.82, 2.24) is 0 Å². The number of aryl methyl sites for hydroxylation is 5. The molecule has 0 aliphatic carbocycles. The van der Waals surface area contributed by atoms with Crippen LogP contribution in [0.15, 0.2) is 188 Å². The van der Waals surface area contributed by atoms with Crippen molar-refractivity contribution in [2.45, 2.75) is 304 Å². The molecule has 0 saturated carbocycles. The molecule has 0 spiro atoms. The van der Waals surface area contributed by atoms with Gasteiger partial charge in [0, 0.05) is 37.6 Å². The molecule has 5 atom stereocenters. The van der Waals surface area contributed by atoms with Crippen molar-refractivity contribution in [1.29, 1.82) is 0 Å². The normalized spacial score (nSPS) is 12.0. The van der Waals surface area contributed by atoms with Gasteiger partial charge < -0.3 is 52.1 Å². The summed E-state index contributed by atoms with van der Waals surface area (Å²) >= 11 is 7.36. The van der Waals surface area contributed by atoms with E-state index in [2.05, 4.69) is 417 Å². The van der Waals surface area contributed by atoms with Crippen molar-refractivity contribution in [3.05, 3.63) is 293 Å². The molecule has 131 heavy (non-hydrogen) atoms. The van der Waals surface area contributed by atoms with Crippen LogP contribution in [0.25, 0.3) is 26.6 Å². The third-order valence-corrected chi connectivity index (χ3v) is 26.7. The molecule has 0 aromatic heterocycles. The zero-order chi connectivity index (χ0) is 101. The van der Waals surface area contributed by atoms with E-state index in [0.29, 0.717) is 91.3 Å². The predicted octanol–water partition coefficient (Wildman–Crippen LogP) is 28.6. The maximum atomic E-state index is 11.1. The molecule has 0 bridgehead atoms. The van der Waals surface area contributed by atoms with Crippen LogP contribution < -0.4 is 53.0 Å². The molecule has 0 aliphatic heterocycles. The van der Waals surface area contributed by atoms with Crippen LogP contribution in [0.2, 0.25) is 0 Å². The van der Waals surface area contributed by atoms with Crippen molar-refractivity contribution < 1.29 is 122 Å². The van der Waals surface area contributed by atoms with Gasteiger partial charge in [0.1, 0.15) is 28.7 Å². The molecule has 5 unspecified atom stereocenters. The third-order valence-electron chi connectivity index (χ3n) is 19.7. The van der Waals surface area contributed by atoms with Crippen molar-refractivity contribution in [2.75, 3.05) is 0 Å². The Morgan fingerprint density at radius 3 is 0.725 bits per heavy atom. The average molecular weight is 2140 g/mol. The quantitative estimate of drug-likeness (QED) is 0.0377. The maximum absolute atomic E-state index is 11.1. The molecule has 0 amide bonds. The Kier molecular flexibility index (Phi) is 58.7. The molecule has 0 fully saturated rings. The molecular formula is C106H147Cl5N5O5P5Ti5. The molecule has 10 aromatic rings. The predicted molar refractivity (Wildman–Crippen MR) is 572 cm³/mol. The first-order valence-corrected chi connectivity index (χ1v) is 59.3. The molecule has 706 valence electrons. The Morgan fingerprint density at radius 1 is 0.229 bits per heavy atom. The van der Waals surface area contributed by atoms with E-state index in [-0.39, 0.29) is 49.4 Å². The summed E-state index contributed by atoms with van der Waals surface area (Å²) in [5.74, 6) is 2.11. The van der Waals surface area contributed by atoms with E-state index in [1.54, 1.807) is 6.07 Å². The summed E-state index contributed by atoms with van der Waals surface area (Å²) in [5, 5.41) is 88.0. The Hall–Kier alpha value is -1.83. The van der Waals surface area contributed by atoms with Gasteiger partial charge in [-0.05, 0) is 153 Å². The number of hydrogen-bond acceptors (Lipinski definition) is 5. The zero-order valence-electron chi connectivity index (χ0n) is 83.8. The monoisotopic (exact) mass is 2140 g/mol. The summed E-state index contributed by atoms with van der Waals surface area (Å²) in [4.78, 5) is 0. The molecular weight excluding hydrogens is 1990 g/mol. The first kappa shape index (κ1) is 127. The molecule has 0 radical (unpaired) electrons. The van der Waals surface area contributed by atoms with Gasteiger partial charge in [-0.25, -0.2) is 0 Å². The van der Waals surface area contributed by atoms with Crippen LogP contribution in [0.5, 0.6) is 28.7 Å². The van der Waals surface area contributed by atoms with E-state index in [4.69, 9.17) is 26.6 Å². The van der Waals surface area contributed by atoms with Gasteiger partial charge in [-0.15, -0.1) is 60.4 Å². The Morgan fingerprint density at radius 2 is 0.450 bits per heavy atom. The zero-order valence-corrected chi connectivity index (χ0v) is 100. The number of benzene rings is 10. The second-order valence-electron chi connectivity index (χ2n) is 41.2. The number of rotatable bonds is 20. The van der Waals surface area contributed by atoms with Gasteiger partial charge in [-0.2, -0.15) is 0 Å². The number of nitrogens with zero attached hydrogens (tertiary/aromatic N) is 5. The van der Waals surface area contributed by atoms with Crippen LogP contribution in [0.4, 0.5) is 0 Å². The van der Waals surface area contributed by atoms with E-state index >= 15 is 0 Å². The molecule has 5 N–H and O–H groups in total. The second-order valence-corrected chi connectivity index (χ2v) is 47.8. The van der Waals surface area contributed by atoms with Gasteiger partial charge in [0.2, 0.25) is 0 Å². The summed E-state index contributed by atoms with van der Waals surface area (Å²) in [6, 6.07) is 64.9. The number of phenols is 5. The van der Waals surface area contributed by atoms with Gasteiger partial charge in [0.25, 0.3) is 0 Å². The molecule has 25 heteroatoms. The topological polar surface area (TPSA) is 172 Å². The van der Waals surface area contributed by atoms with E-state index in [1.165, 1.54) is 179 Å². The first-order valence-electron chi connectivity index (χ1n) is 43.5. The van der Waals surface area contributed by atoms with E-state index < -0.39 is 0 Å². The van der Waals surface area contributed by atoms with E-state index in [0.717, 1.165) is 61.9 Å². The second kappa shape index (κ2) is 60.5. The summed E-state index contributed by atoms with van der Waals surface area (Å²) in [5.41, 5.74) is 16.0.